The molecule has 0 atom stereocenters. The van der Waals surface area contributed by atoms with Crippen LogP contribution in [-0.4, -0.2) is 21.7 Å². The van der Waals surface area contributed by atoms with Crippen LogP contribution in [0.3, 0.4) is 0 Å². The highest BCUT2D eigenvalue weighted by Crippen LogP contribution is 2.22. The molecule has 6 heteroatoms. The van der Waals surface area contributed by atoms with Gasteiger partial charge in [-0.3, -0.25) is 4.79 Å². The second-order valence-electron chi connectivity index (χ2n) is 5.07. The smallest absolute Gasteiger partial charge is 0.275 e. The molecule has 0 saturated heterocycles. The highest BCUT2D eigenvalue weighted by molar-refractivity contribution is 9.10. The van der Waals surface area contributed by atoms with E-state index in [0.29, 0.717) is 10.2 Å². The summed E-state index contributed by atoms with van der Waals surface area (Å²) < 4.78 is 0.698. The molecule has 2 aromatic carbocycles. The van der Waals surface area contributed by atoms with Gasteiger partial charge in [-0.05, 0) is 37.3 Å². The number of halogens is 1. The first-order valence-electron chi connectivity index (χ1n) is 6.96. The van der Waals surface area contributed by atoms with E-state index in [0.717, 1.165) is 16.6 Å². The van der Waals surface area contributed by atoms with Gasteiger partial charge in [-0.15, -0.1) is 0 Å². The SMILES string of the molecule is CC(=NNC(=O)c1ccc(Br)cc1O)c1cc2ccccc2[nH]1. The number of amides is 1. The van der Waals surface area contributed by atoms with Crippen LogP contribution in [0.25, 0.3) is 10.9 Å². The van der Waals surface area contributed by atoms with Crippen molar-refractivity contribution in [3.8, 4) is 5.75 Å². The van der Waals surface area contributed by atoms with Gasteiger partial charge in [0, 0.05) is 15.4 Å². The predicted octanol–water partition coefficient (Wildman–Crippen LogP) is 3.79. The average molecular weight is 372 g/mol. The van der Waals surface area contributed by atoms with Crippen LogP contribution >= 0.6 is 15.9 Å². The standard InChI is InChI=1S/C17H14BrN3O2/c1-10(15-8-11-4-2-3-5-14(11)19-15)20-21-17(23)13-7-6-12(18)9-16(13)22/h2-9,19,22H,1H3,(H,21,23). The molecule has 3 aromatic rings. The fraction of sp³-hybridized carbons (Fsp3) is 0.0588. The van der Waals surface area contributed by atoms with E-state index in [-0.39, 0.29) is 11.3 Å². The van der Waals surface area contributed by atoms with Crippen molar-refractivity contribution in [3.63, 3.8) is 0 Å². The van der Waals surface area contributed by atoms with Crippen molar-refractivity contribution in [2.75, 3.05) is 0 Å². The van der Waals surface area contributed by atoms with E-state index < -0.39 is 5.91 Å². The molecule has 0 bridgehead atoms. The number of hydrazone groups is 1. The maximum absolute atomic E-state index is 12.1. The number of nitrogens with one attached hydrogen (secondary N) is 2. The van der Waals surface area contributed by atoms with Crippen LogP contribution in [0.2, 0.25) is 0 Å². The normalized spacial score (nSPS) is 11.7. The van der Waals surface area contributed by atoms with Crippen LogP contribution in [0.4, 0.5) is 0 Å². The van der Waals surface area contributed by atoms with Crippen LogP contribution < -0.4 is 5.43 Å². The second-order valence-corrected chi connectivity index (χ2v) is 5.99. The Morgan fingerprint density at radius 3 is 2.74 bits per heavy atom. The number of carbonyl (C=O) groups is 1. The number of rotatable bonds is 3. The van der Waals surface area contributed by atoms with Gasteiger partial charge in [-0.1, -0.05) is 34.1 Å². The van der Waals surface area contributed by atoms with Gasteiger partial charge >= 0.3 is 0 Å². The molecule has 0 aliphatic rings. The van der Waals surface area contributed by atoms with Crippen molar-refractivity contribution in [2.45, 2.75) is 6.92 Å². The summed E-state index contributed by atoms with van der Waals surface area (Å²) in [6.45, 7) is 1.80. The lowest BCUT2D eigenvalue weighted by Crippen LogP contribution is -2.19. The molecule has 0 aliphatic heterocycles. The van der Waals surface area contributed by atoms with E-state index in [1.165, 1.54) is 12.1 Å². The number of hydrogen-bond donors (Lipinski definition) is 3. The van der Waals surface area contributed by atoms with Gasteiger partial charge in [0.25, 0.3) is 5.91 Å². The summed E-state index contributed by atoms with van der Waals surface area (Å²) in [5, 5.41) is 15.0. The number of nitrogens with zero attached hydrogens (tertiary/aromatic N) is 1. The molecular formula is C17H14BrN3O2. The molecule has 5 nitrogen and oxygen atoms in total. The van der Waals surface area contributed by atoms with Crippen molar-refractivity contribution in [2.24, 2.45) is 5.10 Å². The second kappa shape index (κ2) is 6.26. The molecule has 0 unspecified atom stereocenters. The number of fused-ring (bicyclic) bond motifs is 1. The van der Waals surface area contributed by atoms with Crippen molar-refractivity contribution < 1.29 is 9.90 Å². The molecule has 1 amide bonds. The number of hydrogen-bond acceptors (Lipinski definition) is 3. The maximum Gasteiger partial charge on any atom is 0.275 e. The highest BCUT2D eigenvalue weighted by atomic mass is 79.9. The lowest BCUT2D eigenvalue weighted by molar-refractivity contribution is 0.0952. The van der Waals surface area contributed by atoms with E-state index in [9.17, 15) is 9.90 Å². The fourth-order valence-corrected chi connectivity index (χ4v) is 2.57. The van der Waals surface area contributed by atoms with Gasteiger partial charge in [0.05, 0.1) is 17.0 Å². The number of para-hydroxylation sites is 1. The number of aromatic hydroxyl groups is 1. The molecular weight excluding hydrogens is 358 g/mol. The zero-order valence-electron chi connectivity index (χ0n) is 12.3. The minimum atomic E-state index is -0.467. The Labute approximate surface area is 141 Å². The maximum atomic E-state index is 12.1. The van der Waals surface area contributed by atoms with Gasteiger partial charge in [0.1, 0.15) is 5.75 Å². The van der Waals surface area contributed by atoms with E-state index in [4.69, 9.17) is 0 Å². The Hall–Kier alpha value is -2.60. The van der Waals surface area contributed by atoms with Gasteiger partial charge in [-0.2, -0.15) is 5.10 Å². The van der Waals surface area contributed by atoms with Crippen LogP contribution in [0, 0.1) is 0 Å². The Bertz CT molecular complexity index is 882. The number of aromatic amines is 1. The number of carbonyl (C=O) groups excluding carboxylic acids is 1. The number of benzene rings is 2. The lowest BCUT2D eigenvalue weighted by atomic mass is 10.2. The monoisotopic (exact) mass is 371 g/mol. The molecule has 0 fully saturated rings. The fourth-order valence-electron chi connectivity index (χ4n) is 2.22. The zero-order chi connectivity index (χ0) is 16.4. The van der Waals surface area contributed by atoms with E-state index in [1.54, 1.807) is 13.0 Å². The third kappa shape index (κ3) is 3.27. The minimum absolute atomic E-state index is 0.102. The first-order valence-corrected chi connectivity index (χ1v) is 7.75. The summed E-state index contributed by atoms with van der Waals surface area (Å²) in [6, 6.07) is 14.5. The molecule has 0 saturated carbocycles. The molecule has 3 N–H and O–H groups in total. The van der Waals surface area contributed by atoms with Crippen molar-refractivity contribution >= 4 is 38.5 Å². The van der Waals surface area contributed by atoms with Crippen LogP contribution in [-0.2, 0) is 0 Å². The van der Waals surface area contributed by atoms with Gasteiger partial charge in [-0.25, -0.2) is 5.43 Å². The van der Waals surface area contributed by atoms with Crippen LogP contribution in [0.15, 0.2) is 58.1 Å². The van der Waals surface area contributed by atoms with Crippen molar-refractivity contribution in [1.82, 2.24) is 10.4 Å². The predicted molar refractivity (Wildman–Crippen MR) is 93.8 cm³/mol. The van der Waals surface area contributed by atoms with E-state index in [2.05, 4.69) is 31.4 Å². The third-order valence-corrected chi connectivity index (χ3v) is 3.94. The molecule has 3 rings (SSSR count). The van der Waals surface area contributed by atoms with Crippen molar-refractivity contribution in [3.05, 3.63) is 64.3 Å². The summed E-state index contributed by atoms with van der Waals surface area (Å²) in [4.78, 5) is 15.3. The average Bonchev–Trinajstić information content (AvgIpc) is 2.96. The Morgan fingerprint density at radius 1 is 1.22 bits per heavy atom. The molecule has 0 spiro atoms. The largest absolute Gasteiger partial charge is 0.507 e. The molecule has 0 aliphatic carbocycles. The molecule has 0 radical (unpaired) electrons. The van der Waals surface area contributed by atoms with E-state index >= 15 is 0 Å². The van der Waals surface area contributed by atoms with Crippen molar-refractivity contribution in [1.29, 1.82) is 0 Å². The molecule has 1 heterocycles. The topological polar surface area (TPSA) is 77.5 Å². The Balaban J connectivity index is 1.79. The summed E-state index contributed by atoms with van der Waals surface area (Å²) in [5.74, 6) is -0.569. The zero-order valence-corrected chi connectivity index (χ0v) is 13.9. The van der Waals surface area contributed by atoms with Gasteiger partial charge in [0.2, 0.25) is 0 Å². The van der Waals surface area contributed by atoms with E-state index in [1.807, 2.05) is 30.3 Å². The number of aromatic nitrogens is 1. The quantitative estimate of drug-likeness (QED) is 0.483. The number of H-pyrrole nitrogens is 1. The third-order valence-electron chi connectivity index (χ3n) is 3.45. The van der Waals surface area contributed by atoms with Crippen LogP contribution in [0.5, 0.6) is 5.75 Å². The van der Waals surface area contributed by atoms with Gasteiger partial charge < -0.3 is 10.1 Å². The first kappa shape index (κ1) is 15.3. The Kier molecular flexibility index (Phi) is 4.16. The van der Waals surface area contributed by atoms with Crippen LogP contribution in [0.1, 0.15) is 23.0 Å². The summed E-state index contributed by atoms with van der Waals surface area (Å²) in [7, 11) is 0. The Morgan fingerprint density at radius 2 is 2.00 bits per heavy atom. The summed E-state index contributed by atoms with van der Waals surface area (Å²) >= 11 is 3.23. The summed E-state index contributed by atoms with van der Waals surface area (Å²) in [5.41, 5.74) is 5.10. The number of phenolic OH excluding ortho intramolecular Hbond substituents is 1. The lowest BCUT2D eigenvalue weighted by Gasteiger charge is -2.04. The highest BCUT2D eigenvalue weighted by Gasteiger charge is 2.11. The minimum Gasteiger partial charge on any atom is -0.507 e. The molecule has 116 valence electrons. The van der Waals surface area contributed by atoms with Gasteiger partial charge in [0.15, 0.2) is 0 Å². The first-order chi connectivity index (χ1) is 11.0. The number of phenols is 1. The summed E-state index contributed by atoms with van der Waals surface area (Å²) in [6.07, 6.45) is 0. The molecule has 1 aromatic heterocycles. The molecule has 23 heavy (non-hydrogen) atoms.